The molecule has 0 aliphatic rings. The zero-order valence-electron chi connectivity index (χ0n) is 4.65. The number of aliphatic hydroxyl groups is 1. The summed E-state index contributed by atoms with van der Waals surface area (Å²) in [6.45, 7) is -0.0730. The lowest BCUT2D eigenvalue weighted by Gasteiger charge is -1.85. The first-order valence-electron chi connectivity index (χ1n) is 2.20. The molecule has 6 heteroatoms. The van der Waals surface area contributed by atoms with Crippen LogP contribution in [0.2, 0.25) is 0 Å². The van der Waals surface area contributed by atoms with E-state index in [0.29, 0.717) is 0 Å². The lowest BCUT2D eigenvalue weighted by Crippen LogP contribution is -2.04. The molecule has 0 rings (SSSR count). The van der Waals surface area contributed by atoms with Crippen molar-refractivity contribution in [3.05, 3.63) is 0 Å². The quantitative estimate of drug-likeness (QED) is 0.389. The number of azo groups is 1. The van der Waals surface area contributed by atoms with Gasteiger partial charge < -0.3 is 9.94 Å². The average molecular weight is 133 g/mol. The average Bonchev–Trinajstić information content (AvgIpc) is 1.89. The molecule has 0 fully saturated rings. The standard InChI is InChI=1S/C3H7N3O3/c4-9-3(8)6-5-1-2-7/h7H,1-2,4H2. The predicted octanol–water partition coefficient (Wildman–Crippen LogP) is -0.559. The van der Waals surface area contributed by atoms with E-state index < -0.39 is 6.09 Å². The van der Waals surface area contributed by atoms with E-state index in [9.17, 15) is 4.79 Å². The van der Waals surface area contributed by atoms with Crippen molar-refractivity contribution in [1.29, 1.82) is 0 Å². The summed E-state index contributed by atoms with van der Waals surface area (Å²) >= 11 is 0. The fourth-order valence-electron chi connectivity index (χ4n) is 0.176. The maximum Gasteiger partial charge on any atom is 0.470 e. The van der Waals surface area contributed by atoms with Gasteiger partial charge >= 0.3 is 6.09 Å². The zero-order valence-corrected chi connectivity index (χ0v) is 4.65. The molecule has 0 aromatic heterocycles. The third-order valence-corrected chi connectivity index (χ3v) is 0.453. The summed E-state index contributed by atoms with van der Waals surface area (Å²) in [6.07, 6.45) is -0.969. The molecule has 0 aromatic carbocycles. The van der Waals surface area contributed by atoms with Crippen LogP contribution in [0.4, 0.5) is 4.79 Å². The van der Waals surface area contributed by atoms with Crippen molar-refractivity contribution in [3.63, 3.8) is 0 Å². The summed E-state index contributed by atoms with van der Waals surface area (Å²) in [4.78, 5) is 13.6. The number of nitrogens with zero attached hydrogens (tertiary/aromatic N) is 2. The largest absolute Gasteiger partial charge is 0.470 e. The van der Waals surface area contributed by atoms with E-state index in [2.05, 4.69) is 21.0 Å². The molecule has 0 saturated carbocycles. The van der Waals surface area contributed by atoms with Crippen molar-refractivity contribution in [3.8, 4) is 0 Å². The number of amides is 1. The van der Waals surface area contributed by atoms with Crippen LogP contribution in [-0.4, -0.2) is 24.4 Å². The molecule has 0 spiro atoms. The van der Waals surface area contributed by atoms with Crippen molar-refractivity contribution in [2.45, 2.75) is 0 Å². The highest BCUT2D eigenvalue weighted by Gasteiger charge is 1.91. The maximum absolute atomic E-state index is 10.00. The Hall–Kier alpha value is -1.01. The van der Waals surface area contributed by atoms with Gasteiger partial charge in [0.15, 0.2) is 0 Å². The summed E-state index contributed by atoms with van der Waals surface area (Å²) in [7, 11) is 0. The van der Waals surface area contributed by atoms with Gasteiger partial charge in [-0.3, -0.25) is 0 Å². The minimum Gasteiger partial charge on any atom is -0.394 e. The Kier molecular flexibility index (Phi) is 4.56. The van der Waals surface area contributed by atoms with E-state index >= 15 is 0 Å². The number of rotatable bonds is 2. The number of nitrogens with two attached hydrogens (primary N) is 1. The van der Waals surface area contributed by atoms with E-state index in [1.165, 1.54) is 0 Å². The molecule has 0 aliphatic heterocycles. The van der Waals surface area contributed by atoms with Crippen LogP contribution in [0.1, 0.15) is 0 Å². The van der Waals surface area contributed by atoms with E-state index in [4.69, 9.17) is 5.11 Å². The molecule has 0 atom stereocenters. The van der Waals surface area contributed by atoms with Crippen LogP contribution in [0, 0.1) is 0 Å². The molecule has 0 unspecified atom stereocenters. The molecular formula is C3H7N3O3. The van der Waals surface area contributed by atoms with Crippen molar-refractivity contribution in [2.24, 2.45) is 16.1 Å². The van der Waals surface area contributed by atoms with Gasteiger partial charge in [0.2, 0.25) is 0 Å². The molecule has 9 heavy (non-hydrogen) atoms. The fourth-order valence-corrected chi connectivity index (χ4v) is 0.176. The Morgan fingerprint density at radius 3 is 2.89 bits per heavy atom. The van der Waals surface area contributed by atoms with E-state index in [1.54, 1.807) is 0 Å². The van der Waals surface area contributed by atoms with Crippen LogP contribution in [0.15, 0.2) is 10.2 Å². The summed E-state index contributed by atoms with van der Waals surface area (Å²) in [6, 6.07) is 0. The first kappa shape index (κ1) is 7.99. The van der Waals surface area contributed by atoms with Crippen LogP contribution in [0.3, 0.4) is 0 Å². The molecule has 0 aliphatic carbocycles. The highest BCUT2D eigenvalue weighted by molar-refractivity contribution is 5.66. The summed E-state index contributed by atoms with van der Waals surface area (Å²) in [5, 5.41) is 14.2. The normalized spacial score (nSPS) is 10.0. The Labute approximate surface area is 51.3 Å². The second-order valence-electron chi connectivity index (χ2n) is 1.07. The fraction of sp³-hybridized carbons (Fsp3) is 0.667. The number of carbonyl (C=O) groups excluding carboxylic acids is 1. The van der Waals surface area contributed by atoms with E-state index in [0.717, 1.165) is 0 Å². The summed E-state index contributed by atoms with van der Waals surface area (Å²) in [5.74, 6) is 4.39. The van der Waals surface area contributed by atoms with Crippen LogP contribution >= 0.6 is 0 Å². The second-order valence-corrected chi connectivity index (χ2v) is 1.07. The molecular weight excluding hydrogens is 126 g/mol. The highest BCUT2D eigenvalue weighted by atomic mass is 16.7. The van der Waals surface area contributed by atoms with Gasteiger partial charge in [-0.1, -0.05) is 5.11 Å². The monoisotopic (exact) mass is 133 g/mol. The van der Waals surface area contributed by atoms with Gasteiger partial charge in [-0.2, -0.15) is 11.0 Å². The van der Waals surface area contributed by atoms with Gasteiger partial charge in [-0.05, 0) is 0 Å². The second kappa shape index (κ2) is 5.13. The predicted molar refractivity (Wildman–Crippen MR) is 27.5 cm³/mol. The van der Waals surface area contributed by atoms with Crippen LogP contribution in [0.5, 0.6) is 0 Å². The smallest absolute Gasteiger partial charge is 0.394 e. The Balaban J connectivity index is 3.32. The summed E-state index contributed by atoms with van der Waals surface area (Å²) in [5.41, 5.74) is 0. The Morgan fingerprint density at radius 2 is 2.44 bits per heavy atom. The number of aliphatic hydroxyl groups excluding tert-OH is 1. The van der Waals surface area contributed by atoms with E-state index in [-0.39, 0.29) is 13.2 Å². The van der Waals surface area contributed by atoms with Crippen LogP contribution < -0.4 is 5.90 Å². The van der Waals surface area contributed by atoms with Gasteiger partial charge in [0.05, 0.1) is 13.2 Å². The third kappa shape index (κ3) is 4.85. The van der Waals surface area contributed by atoms with Crippen LogP contribution in [0.25, 0.3) is 0 Å². The van der Waals surface area contributed by atoms with Crippen molar-refractivity contribution >= 4 is 6.09 Å². The van der Waals surface area contributed by atoms with Crippen molar-refractivity contribution < 1.29 is 14.7 Å². The number of hydrogen-bond donors (Lipinski definition) is 2. The first-order valence-corrected chi connectivity index (χ1v) is 2.20. The maximum atomic E-state index is 10.00. The molecule has 3 N–H and O–H groups in total. The molecule has 52 valence electrons. The Bertz CT molecular complexity index is 113. The molecule has 6 nitrogen and oxygen atoms in total. The van der Waals surface area contributed by atoms with Gasteiger partial charge in [0, 0.05) is 0 Å². The Morgan fingerprint density at radius 1 is 1.78 bits per heavy atom. The molecule has 1 amide bonds. The summed E-state index contributed by atoms with van der Waals surface area (Å²) < 4.78 is 0. The molecule has 0 saturated heterocycles. The third-order valence-electron chi connectivity index (χ3n) is 0.453. The van der Waals surface area contributed by atoms with Crippen LogP contribution in [-0.2, 0) is 4.84 Å². The molecule has 0 aromatic rings. The minimum absolute atomic E-state index is 0.0785. The molecule has 0 heterocycles. The topological polar surface area (TPSA) is 97.3 Å². The number of hydrogen-bond acceptors (Lipinski definition) is 5. The van der Waals surface area contributed by atoms with E-state index in [1.807, 2.05) is 0 Å². The van der Waals surface area contributed by atoms with Crippen molar-refractivity contribution in [2.75, 3.05) is 13.2 Å². The minimum atomic E-state index is -0.969. The lowest BCUT2D eigenvalue weighted by atomic mass is 10.7. The number of carbonyl (C=O) groups is 1. The van der Waals surface area contributed by atoms with Gasteiger partial charge in [-0.25, -0.2) is 4.79 Å². The molecule has 0 radical (unpaired) electrons. The SMILES string of the molecule is NOC(=O)N=NCCO. The highest BCUT2D eigenvalue weighted by Crippen LogP contribution is 1.78. The van der Waals surface area contributed by atoms with Gasteiger partial charge in [-0.15, -0.1) is 0 Å². The van der Waals surface area contributed by atoms with Gasteiger partial charge in [0.1, 0.15) is 0 Å². The van der Waals surface area contributed by atoms with Gasteiger partial charge in [0.25, 0.3) is 0 Å². The first-order chi connectivity index (χ1) is 4.31. The lowest BCUT2D eigenvalue weighted by molar-refractivity contribution is 0.157. The zero-order chi connectivity index (χ0) is 7.11. The molecule has 0 bridgehead atoms. The van der Waals surface area contributed by atoms with Crippen molar-refractivity contribution in [1.82, 2.24) is 0 Å².